The number of halogens is 1. The molecule has 4 atom stereocenters. The van der Waals surface area contributed by atoms with Crippen LogP contribution in [0.4, 0.5) is 5.82 Å². The minimum atomic E-state index is -0.854. The number of fused-ring (bicyclic) bond motifs is 5. The van der Waals surface area contributed by atoms with Crippen molar-refractivity contribution in [3.05, 3.63) is 122 Å². The lowest BCUT2D eigenvalue weighted by Crippen LogP contribution is -2.50. The van der Waals surface area contributed by atoms with Crippen LogP contribution in [0.3, 0.4) is 0 Å². The standard InChI is InChI=1S/C51H57ClN8O6S/c1-29(2)44(49(64)59-26-35(61)24-41(59)47(62)54-38(27-57-19-21-65-22-20-57)32-9-11-33(12-10-32)46-30(3)53-28-67-46)42-25-43(56-66-42)58-17-15-31(16-18-58)34-13-14-39-36(23-34)51(4,5)50-55-48(63)45-37(52)7-6-8-40(45)60(39)50/h6-14,23,25,28-29,31,35,38,41,44,61H,15-22,24,26-27H2,1-5H3,(H,54,62)/t35-,38+,41+,44?/m1/s1. The number of aromatic nitrogens is 4. The highest BCUT2D eigenvalue weighted by atomic mass is 35.5. The number of aryl methyl sites for hydroxylation is 1. The number of morpholine rings is 1. The molecule has 2 N–H and O–H groups in total. The Labute approximate surface area is 398 Å². The van der Waals surface area contributed by atoms with Crippen LogP contribution in [0.5, 0.6) is 0 Å². The number of benzene rings is 3. The molecule has 0 aliphatic carbocycles. The second-order valence-electron chi connectivity index (χ2n) is 19.4. The smallest absolute Gasteiger partial charge is 0.282 e. The van der Waals surface area contributed by atoms with Gasteiger partial charge in [-0.2, -0.15) is 4.98 Å². The third-order valence-corrected chi connectivity index (χ3v) is 15.7. The SMILES string of the molecule is Cc1ncsc1-c1ccc([C@H](CN2CCOCC2)NC(=O)[C@@H]2C[C@@H](O)CN2C(=O)C(c2cc(N3CCC(c4ccc5c(c4)C(C)(C)c4nc(=O)c6c(Cl)cccc6n4-5)CC3)no2)C(C)C)cc1. The zero-order valence-electron chi connectivity index (χ0n) is 38.6. The van der Waals surface area contributed by atoms with Crippen LogP contribution in [0, 0.1) is 12.8 Å². The number of hydrogen-bond donors (Lipinski definition) is 2. The summed E-state index contributed by atoms with van der Waals surface area (Å²) in [5.41, 5.74) is 8.20. The average Bonchev–Trinajstić information content (AvgIpc) is 4.12. The molecule has 14 nitrogen and oxygen atoms in total. The zero-order valence-corrected chi connectivity index (χ0v) is 40.1. The number of rotatable bonds is 11. The molecule has 0 bridgehead atoms. The van der Waals surface area contributed by atoms with Crippen molar-refractivity contribution in [2.45, 2.75) is 89.3 Å². The van der Waals surface area contributed by atoms with Crippen LogP contribution >= 0.6 is 22.9 Å². The van der Waals surface area contributed by atoms with Gasteiger partial charge in [0.05, 0.1) is 68.5 Å². The van der Waals surface area contributed by atoms with Crippen LogP contribution in [0.15, 0.2) is 81.6 Å². The van der Waals surface area contributed by atoms with Crippen LogP contribution in [0.1, 0.15) is 98.8 Å². The topological polar surface area (TPSA) is 159 Å². The van der Waals surface area contributed by atoms with E-state index in [4.69, 9.17) is 20.9 Å². The number of anilines is 1. The van der Waals surface area contributed by atoms with Crippen molar-refractivity contribution in [1.82, 2.24) is 34.8 Å². The first-order valence-corrected chi connectivity index (χ1v) is 24.7. The summed E-state index contributed by atoms with van der Waals surface area (Å²) in [6, 6.07) is 21.1. The highest BCUT2D eigenvalue weighted by Crippen LogP contribution is 2.45. The van der Waals surface area contributed by atoms with Crippen molar-refractivity contribution in [3.63, 3.8) is 0 Å². The number of carbonyl (C=O) groups is 2. The maximum Gasteiger partial charge on any atom is 0.282 e. The van der Waals surface area contributed by atoms with Gasteiger partial charge in [-0.05, 0) is 85.9 Å². The third-order valence-electron chi connectivity index (χ3n) is 14.5. The average molecular weight is 946 g/mol. The first kappa shape index (κ1) is 45.3. The number of amides is 2. The van der Waals surface area contributed by atoms with E-state index in [1.54, 1.807) is 22.3 Å². The van der Waals surface area contributed by atoms with E-state index >= 15 is 0 Å². The van der Waals surface area contributed by atoms with E-state index in [2.05, 4.69) is 91.1 Å². The van der Waals surface area contributed by atoms with Gasteiger partial charge < -0.3 is 29.5 Å². The molecule has 350 valence electrons. The molecule has 3 saturated heterocycles. The van der Waals surface area contributed by atoms with Crippen molar-refractivity contribution in [3.8, 4) is 16.1 Å². The van der Waals surface area contributed by atoms with E-state index in [1.165, 1.54) is 5.56 Å². The molecule has 7 heterocycles. The van der Waals surface area contributed by atoms with E-state index in [-0.39, 0.29) is 42.3 Å². The minimum Gasteiger partial charge on any atom is -0.391 e. The predicted octanol–water partition coefficient (Wildman–Crippen LogP) is 7.37. The Kier molecular flexibility index (Phi) is 12.3. The molecule has 0 radical (unpaired) electrons. The fraction of sp³-hybridized carbons (Fsp3) is 0.451. The molecule has 2 amide bonds. The number of nitrogens with one attached hydrogen (secondary N) is 1. The third kappa shape index (κ3) is 8.47. The van der Waals surface area contributed by atoms with Crippen LogP contribution in [0.25, 0.3) is 27.0 Å². The number of piperidine rings is 1. The van der Waals surface area contributed by atoms with Crippen molar-refractivity contribution >= 4 is 51.5 Å². The molecule has 3 aromatic carbocycles. The van der Waals surface area contributed by atoms with Crippen LogP contribution < -0.4 is 15.8 Å². The van der Waals surface area contributed by atoms with E-state index in [1.807, 2.05) is 44.5 Å². The Morgan fingerprint density at radius 2 is 1.78 bits per heavy atom. The van der Waals surface area contributed by atoms with Crippen molar-refractivity contribution in [2.24, 2.45) is 5.92 Å². The molecule has 3 fully saturated rings. The molecule has 0 spiro atoms. The predicted molar refractivity (Wildman–Crippen MR) is 259 cm³/mol. The maximum atomic E-state index is 14.7. The Balaban J connectivity index is 0.825. The van der Waals surface area contributed by atoms with Crippen molar-refractivity contribution in [1.29, 1.82) is 0 Å². The lowest BCUT2D eigenvalue weighted by molar-refractivity contribution is -0.141. The lowest BCUT2D eigenvalue weighted by Gasteiger charge is -2.33. The number of aliphatic hydroxyl groups excluding tert-OH is 1. The molecule has 6 aromatic rings. The summed E-state index contributed by atoms with van der Waals surface area (Å²) in [6.07, 6.45) is 1.08. The van der Waals surface area contributed by atoms with Gasteiger partial charge in [0.2, 0.25) is 11.8 Å². The maximum absolute atomic E-state index is 14.7. The number of ether oxygens (including phenoxy) is 1. The molecule has 4 aliphatic rings. The highest BCUT2D eigenvalue weighted by Gasteiger charge is 2.44. The minimum absolute atomic E-state index is 0.0530. The van der Waals surface area contributed by atoms with Gasteiger partial charge in [-0.1, -0.05) is 73.1 Å². The second-order valence-corrected chi connectivity index (χ2v) is 20.7. The number of aliphatic hydroxyl groups is 1. The summed E-state index contributed by atoms with van der Waals surface area (Å²) in [5.74, 6) is 0.704. The highest BCUT2D eigenvalue weighted by molar-refractivity contribution is 7.13. The van der Waals surface area contributed by atoms with Gasteiger partial charge in [0, 0.05) is 51.8 Å². The van der Waals surface area contributed by atoms with E-state index in [0.717, 1.165) is 77.5 Å². The normalized spacial score (nSPS) is 20.6. The molecule has 0 saturated carbocycles. The number of carbonyl (C=O) groups excluding carboxylic acids is 2. The molecular weight excluding hydrogens is 888 g/mol. The van der Waals surface area contributed by atoms with Gasteiger partial charge in [0.25, 0.3) is 5.56 Å². The molecule has 3 aromatic heterocycles. The summed E-state index contributed by atoms with van der Waals surface area (Å²) in [7, 11) is 0. The lowest BCUT2D eigenvalue weighted by atomic mass is 9.81. The van der Waals surface area contributed by atoms with Gasteiger partial charge in [-0.25, -0.2) is 4.98 Å². The Hall–Kier alpha value is -5.45. The van der Waals surface area contributed by atoms with Crippen LogP contribution in [-0.2, 0) is 19.7 Å². The second kappa shape index (κ2) is 18.2. The Morgan fingerprint density at radius 3 is 2.49 bits per heavy atom. The molecule has 4 aliphatic heterocycles. The first-order chi connectivity index (χ1) is 32.3. The largest absolute Gasteiger partial charge is 0.391 e. The monoisotopic (exact) mass is 944 g/mol. The van der Waals surface area contributed by atoms with Gasteiger partial charge in [-0.3, -0.25) is 23.9 Å². The fourth-order valence-corrected chi connectivity index (χ4v) is 11.8. The van der Waals surface area contributed by atoms with Crippen LogP contribution in [-0.4, -0.2) is 111 Å². The summed E-state index contributed by atoms with van der Waals surface area (Å²) < 4.78 is 13.7. The summed E-state index contributed by atoms with van der Waals surface area (Å²) >= 11 is 8.10. The van der Waals surface area contributed by atoms with Gasteiger partial charge in [0.15, 0.2) is 11.6 Å². The van der Waals surface area contributed by atoms with E-state index in [0.29, 0.717) is 53.5 Å². The quantitative estimate of drug-likeness (QED) is 0.134. The summed E-state index contributed by atoms with van der Waals surface area (Å²) in [6.45, 7) is 15.1. The van der Waals surface area contributed by atoms with Gasteiger partial charge >= 0.3 is 0 Å². The Morgan fingerprint density at radius 1 is 1.01 bits per heavy atom. The molecule has 1 unspecified atom stereocenters. The van der Waals surface area contributed by atoms with E-state index in [9.17, 15) is 19.5 Å². The van der Waals surface area contributed by atoms with Crippen molar-refractivity contribution in [2.75, 3.05) is 57.4 Å². The van der Waals surface area contributed by atoms with Crippen LogP contribution in [0.2, 0.25) is 5.02 Å². The van der Waals surface area contributed by atoms with E-state index < -0.39 is 23.5 Å². The van der Waals surface area contributed by atoms with Gasteiger partial charge in [0.1, 0.15) is 17.8 Å². The Bertz CT molecular complexity index is 2880. The van der Waals surface area contributed by atoms with Gasteiger partial charge in [-0.15, -0.1) is 11.3 Å². The first-order valence-electron chi connectivity index (χ1n) is 23.4. The number of thiazole rings is 1. The summed E-state index contributed by atoms with van der Waals surface area (Å²) in [4.78, 5) is 58.3. The number of β-amino-alcohol motifs (C(OH)–C–C–N with tert-alkyl or cyclic N) is 1. The molecular formula is C51H57ClN8O6S. The molecule has 67 heavy (non-hydrogen) atoms. The number of nitrogens with zero attached hydrogens (tertiary/aromatic N) is 7. The fourth-order valence-electron chi connectivity index (χ4n) is 10.7. The zero-order chi connectivity index (χ0) is 46.7. The van der Waals surface area contributed by atoms with Crippen molar-refractivity contribution < 1.29 is 24.0 Å². The molecule has 10 rings (SSSR count). The molecule has 16 heteroatoms. The number of hydrogen-bond acceptors (Lipinski definition) is 12. The number of likely N-dealkylation sites (tertiary alicyclic amines) is 1. The summed E-state index contributed by atoms with van der Waals surface area (Å²) in [5, 5.41) is 19.6.